The third-order valence-corrected chi connectivity index (χ3v) is 4.30. The van der Waals surface area contributed by atoms with E-state index in [1.807, 2.05) is 50.5 Å². The average Bonchev–Trinajstić information content (AvgIpc) is 2.66. The normalized spacial score (nSPS) is 11.6. The van der Waals surface area contributed by atoms with Crippen LogP contribution in [0.25, 0.3) is 21.8 Å². The van der Waals surface area contributed by atoms with Crippen LogP contribution in [0.4, 0.5) is 22.7 Å². The summed E-state index contributed by atoms with van der Waals surface area (Å²) in [6, 6.07) is 11.4. The van der Waals surface area contributed by atoms with Crippen LogP contribution in [0, 0.1) is 0 Å². The first-order valence-electron chi connectivity index (χ1n) is 8.04. The van der Waals surface area contributed by atoms with Crippen molar-refractivity contribution in [1.82, 2.24) is 10.2 Å². The van der Waals surface area contributed by atoms with Crippen LogP contribution in [0.1, 0.15) is 0 Å². The summed E-state index contributed by atoms with van der Waals surface area (Å²) in [5.74, 6) is 0. The van der Waals surface area contributed by atoms with Gasteiger partial charge >= 0.3 is 0 Å². The maximum Gasteiger partial charge on any atom is 0.241 e. The zero-order valence-electron chi connectivity index (χ0n) is 14.5. The molecule has 2 aromatic heterocycles. The van der Waals surface area contributed by atoms with Crippen LogP contribution in [0.5, 0.6) is 0 Å². The molecule has 128 valence electrons. The molecule has 0 fully saturated rings. The Morgan fingerprint density at radius 2 is 1.15 bits per heavy atom. The summed E-state index contributed by atoms with van der Waals surface area (Å²) in [4.78, 5) is 0. The van der Waals surface area contributed by atoms with E-state index in [2.05, 4.69) is 20.4 Å². The van der Waals surface area contributed by atoms with E-state index in [4.69, 9.17) is 11.5 Å². The Bertz CT molecular complexity index is 1090. The molecule has 2 heterocycles. The van der Waals surface area contributed by atoms with Crippen LogP contribution in [0.2, 0.25) is 0 Å². The fraction of sp³-hybridized carbons (Fsp3) is 0.111. The Labute approximate surface area is 149 Å². The summed E-state index contributed by atoms with van der Waals surface area (Å²) in [6.07, 6.45) is 3.26. The number of hydrogen-bond acceptors (Lipinski definition) is 6. The number of rotatable bonds is 2. The van der Waals surface area contributed by atoms with Crippen LogP contribution in [-0.2, 0) is 14.1 Å². The van der Waals surface area contributed by atoms with Gasteiger partial charge in [0.05, 0.1) is 33.5 Å². The third-order valence-electron chi connectivity index (χ3n) is 4.30. The molecule has 0 bridgehead atoms. The van der Waals surface area contributed by atoms with E-state index in [0.29, 0.717) is 22.7 Å². The maximum atomic E-state index is 6.02. The fourth-order valence-corrected chi connectivity index (χ4v) is 2.88. The Hall–Kier alpha value is -3.68. The summed E-state index contributed by atoms with van der Waals surface area (Å²) >= 11 is 0. The summed E-state index contributed by atoms with van der Waals surface area (Å²) in [7, 11) is 3.74. The highest BCUT2D eigenvalue weighted by Crippen LogP contribution is 2.27. The predicted octanol–water partition coefficient (Wildman–Crippen LogP) is 2.01. The van der Waals surface area contributed by atoms with Crippen molar-refractivity contribution in [3.05, 3.63) is 48.8 Å². The number of fused-ring (bicyclic) bond motifs is 2. The second-order valence-electron chi connectivity index (χ2n) is 6.05. The lowest BCUT2D eigenvalue weighted by Crippen LogP contribution is -2.33. The first kappa shape index (κ1) is 15.8. The lowest BCUT2D eigenvalue weighted by atomic mass is 10.2. The number of anilines is 2. The molecule has 0 saturated carbocycles. The average molecular weight is 346 g/mol. The Morgan fingerprint density at radius 1 is 0.731 bits per heavy atom. The summed E-state index contributed by atoms with van der Waals surface area (Å²) in [6.45, 7) is 0. The van der Waals surface area contributed by atoms with E-state index in [0.717, 1.165) is 21.8 Å². The number of aromatic nitrogens is 4. The molecule has 8 nitrogen and oxygen atoms in total. The van der Waals surface area contributed by atoms with Crippen LogP contribution >= 0.6 is 0 Å². The van der Waals surface area contributed by atoms with Gasteiger partial charge in [0.15, 0.2) is 14.1 Å². The Morgan fingerprint density at radius 3 is 1.58 bits per heavy atom. The molecule has 26 heavy (non-hydrogen) atoms. The Kier molecular flexibility index (Phi) is 3.65. The van der Waals surface area contributed by atoms with E-state index in [1.54, 1.807) is 21.8 Å². The van der Waals surface area contributed by atoms with Crippen molar-refractivity contribution >= 4 is 44.6 Å². The van der Waals surface area contributed by atoms with E-state index >= 15 is 0 Å². The number of azo groups is 1. The molecular formula is C18H18N8+2. The maximum absolute atomic E-state index is 6.02. The highest BCUT2D eigenvalue weighted by atomic mass is 15.2. The van der Waals surface area contributed by atoms with E-state index in [1.165, 1.54) is 0 Å². The van der Waals surface area contributed by atoms with Crippen molar-refractivity contribution in [3.63, 3.8) is 0 Å². The number of nitrogen functional groups attached to an aromatic ring is 2. The van der Waals surface area contributed by atoms with Gasteiger partial charge in [-0.1, -0.05) is 9.36 Å². The van der Waals surface area contributed by atoms with Gasteiger partial charge in [0, 0.05) is 12.1 Å². The molecule has 4 rings (SSSR count). The number of nitrogens with zero attached hydrogens (tertiary/aromatic N) is 6. The van der Waals surface area contributed by atoms with Crippen LogP contribution < -0.4 is 20.8 Å². The minimum atomic E-state index is 0.605. The molecule has 4 aromatic rings. The molecule has 0 spiro atoms. The van der Waals surface area contributed by atoms with E-state index in [-0.39, 0.29) is 0 Å². The van der Waals surface area contributed by atoms with Crippen molar-refractivity contribution < 1.29 is 9.36 Å². The smallest absolute Gasteiger partial charge is 0.241 e. The zero-order chi connectivity index (χ0) is 18.3. The lowest BCUT2D eigenvalue weighted by molar-refractivity contribution is -0.705. The van der Waals surface area contributed by atoms with Crippen molar-refractivity contribution in [1.29, 1.82) is 0 Å². The molecule has 0 aliphatic carbocycles. The van der Waals surface area contributed by atoms with Gasteiger partial charge in [-0.2, -0.15) is 10.2 Å². The predicted molar refractivity (Wildman–Crippen MR) is 98.8 cm³/mol. The van der Waals surface area contributed by atoms with Crippen LogP contribution in [0.15, 0.2) is 59.0 Å². The first-order chi connectivity index (χ1) is 12.5. The summed E-state index contributed by atoms with van der Waals surface area (Å²) in [5, 5.41) is 18.8. The fourth-order valence-electron chi connectivity index (χ4n) is 2.88. The number of benzene rings is 2. The zero-order valence-corrected chi connectivity index (χ0v) is 14.5. The minimum Gasteiger partial charge on any atom is -0.397 e. The van der Waals surface area contributed by atoms with Crippen molar-refractivity contribution in [2.24, 2.45) is 24.3 Å². The van der Waals surface area contributed by atoms with Gasteiger partial charge in [0.1, 0.15) is 12.4 Å². The molecule has 0 aliphatic rings. The topological polar surface area (TPSA) is 110 Å². The molecule has 8 heteroatoms. The van der Waals surface area contributed by atoms with Gasteiger partial charge in [0.25, 0.3) is 0 Å². The monoisotopic (exact) mass is 346 g/mol. The minimum absolute atomic E-state index is 0.605. The summed E-state index contributed by atoms with van der Waals surface area (Å²) in [5.41, 5.74) is 16.5. The van der Waals surface area contributed by atoms with Crippen molar-refractivity contribution in [2.75, 3.05) is 11.5 Å². The molecule has 0 unspecified atom stereocenters. The van der Waals surface area contributed by atoms with Gasteiger partial charge in [-0.15, -0.1) is 0 Å². The highest BCUT2D eigenvalue weighted by Gasteiger charge is 2.11. The summed E-state index contributed by atoms with van der Waals surface area (Å²) < 4.78 is 3.54. The molecule has 0 aliphatic heterocycles. The molecule has 0 amide bonds. The second-order valence-corrected chi connectivity index (χ2v) is 6.05. The first-order valence-corrected chi connectivity index (χ1v) is 8.04. The number of nitrogens with two attached hydrogens (primary N) is 2. The molecular weight excluding hydrogens is 328 g/mol. The standard InChI is InChI=1S/C18H16N8/c1-25-17-5-3-11(7-13(17)15(19)9-21-25)23-24-12-4-6-18-14(8-12)16(20)10-22-26(18)2/h3-10,19-20H,1-2H3/p+2. The van der Waals surface area contributed by atoms with Crippen LogP contribution in [0.3, 0.4) is 0 Å². The van der Waals surface area contributed by atoms with Gasteiger partial charge in [-0.3, -0.25) is 0 Å². The van der Waals surface area contributed by atoms with Gasteiger partial charge in [-0.05, 0) is 34.5 Å². The third kappa shape index (κ3) is 2.67. The largest absolute Gasteiger partial charge is 0.397 e. The lowest BCUT2D eigenvalue weighted by Gasteiger charge is -2.01. The second kappa shape index (κ2) is 5.99. The van der Waals surface area contributed by atoms with Crippen LogP contribution in [-0.4, -0.2) is 10.2 Å². The van der Waals surface area contributed by atoms with Crippen molar-refractivity contribution in [3.8, 4) is 0 Å². The van der Waals surface area contributed by atoms with E-state index in [9.17, 15) is 0 Å². The molecule has 0 saturated heterocycles. The van der Waals surface area contributed by atoms with Gasteiger partial charge < -0.3 is 11.5 Å². The number of hydrogen-bond donors (Lipinski definition) is 2. The number of aryl methyl sites for hydroxylation is 2. The molecule has 4 N–H and O–H groups in total. The van der Waals surface area contributed by atoms with Gasteiger partial charge in [0.2, 0.25) is 11.0 Å². The van der Waals surface area contributed by atoms with Crippen molar-refractivity contribution in [2.45, 2.75) is 0 Å². The van der Waals surface area contributed by atoms with Gasteiger partial charge in [-0.25, -0.2) is 0 Å². The molecule has 0 radical (unpaired) electrons. The van der Waals surface area contributed by atoms with E-state index < -0.39 is 0 Å². The SMILES string of the molecule is C[n+]1ncc(N)c2cc(N=Nc3ccc4c(c3)c(N)cn[n+]4C)ccc21. The molecule has 0 atom stereocenters. The Balaban J connectivity index is 1.74. The highest BCUT2D eigenvalue weighted by molar-refractivity contribution is 5.90. The molecule has 2 aromatic carbocycles. The quantitative estimate of drug-likeness (QED) is 0.427.